The molecule has 0 radical (unpaired) electrons. The highest BCUT2D eigenvalue weighted by Gasteiger charge is 2.30. The normalized spacial score (nSPS) is 12.0. The Hall–Kier alpha value is -4.07. The van der Waals surface area contributed by atoms with Crippen LogP contribution in [0.1, 0.15) is 37.9 Å². The van der Waals surface area contributed by atoms with Crippen molar-refractivity contribution in [2.24, 2.45) is 0 Å². The van der Waals surface area contributed by atoms with Crippen LogP contribution in [-0.4, -0.2) is 47.1 Å². The van der Waals surface area contributed by atoms with Crippen molar-refractivity contribution >= 4 is 34.4 Å². The molecule has 0 aromatic heterocycles. The first-order chi connectivity index (χ1) is 16.4. The molecule has 0 aliphatic carbocycles. The van der Waals surface area contributed by atoms with Gasteiger partial charge in [-0.1, -0.05) is 36.4 Å². The SMILES string of the molecule is Cc1cc(C(C(=O)Nc2ccc3ccccc3c2)N(C)C(=O)CNC(=O)OC(C)(C)C)ccc1O. The molecule has 1 unspecified atom stereocenters. The molecule has 1 atom stereocenters. The molecule has 3 N–H and O–H groups in total. The molecule has 0 aliphatic heterocycles. The summed E-state index contributed by atoms with van der Waals surface area (Å²) in [6, 6.07) is 17.1. The van der Waals surface area contributed by atoms with E-state index in [2.05, 4.69) is 10.6 Å². The van der Waals surface area contributed by atoms with Gasteiger partial charge in [0.2, 0.25) is 5.91 Å². The van der Waals surface area contributed by atoms with E-state index in [1.807, 2.05) is 36.4 Å². The van der Waals surface area contributed by atoms with Crippen molar-refractivity contribution in [3.63, 3.8) is 0 Å². The van der Waals surface area contributed by atoms with Gasteiger partial charge >= 0.3 is 6.09 Å². The van der Waals surface area contributed by atoms with Crippen LogP contribution < -0.4 is 10.6 Å². The Balaban J connectivity index is 1.83. The minimum atomic E-state index is -1.01. The van der Waals surface area contributed by atoms with Gasteiger partial charge in [-0.15, -0.1) is 0 Å². The Morgan fingerprint density at radius 1 is 1.00 bits per heavy atom. The first kappa shape index (κ1) is 25.6. The van der Waals surface area contributed by atoms with Gasteiger partial charge in [0.15, 0.2) is 0 Å². The number of aryl methyl sites for hydroxylation is 1. The zero-order valence-electron chi connectivity index (χ0n) is 20.6. The summed E-state index contributed by atoms with van der Waals surface area (Å²) < 4.78 is 5.18. The molecule has 0 fully saturated rings. The van der Waals surface area contributed by atoms with Crippen molar-refractivity contribution in [2.45, 2.75) is 39.3 Å². The number of benzene rings is 3. The smallest absolute Gasteiger partial charge is 0.408 e. The lowest BCUT2D eigenvalue weighted by atomic mass is 10.0. The van der Waals surface area contributed by atoms with E-state index in [-0.39, 0.29) is 12.3 Å². The molecule has 3 amide bonds. The number of anilines is 1. The van der Waals surface area contributed by atoms with Crippen molar-refractivity contribution < 1.29 is 24.2 Å². The van der Waals surface area contributed by atoms with Gasteiger partial charge in [-0.3, -0.25) is 9.59 Å². The molecular weight excluding hydrogens is 446 g/mol. The molecule has 3 rings (SSSR count). The summed E-state index contributed by atoms with van der Waals surface area (Å²) >= 11 is 0. The van der Waals surface area contributed by atoms with Crippen molar-refractivity contribution in [3.05, 3.63) is 71.8 Å². The fourth-order valence-electron chi connectivity index (χ4n) is 3.61. The highest BCUT2D eigenvalue weighted by Crippen LogP contribution is 2.27. The molecule has 35 heavy (non-hydrogen) atoms. The fourth-order valence-corrected chi connectivity index (χ4v) is 3.61. The number of hydrogen-bond acceptors (Lipinski definition) is 5. The Kier molecular flexibility index (Phi) is 7.64. The number of aromatic hydroxyl groups is 1. The summed E-state index contributed by atoms with van der Waals surface area (Å²) in [4.78, 5) is 39.6. The molecule has 0 aliphatic rings. The van der Waals surface area contributed by atoms with Crippen molar-refractivity contribution in [3.8, 4) is 5.75 Å². The van der Waals surface area contributed by atoms with E-state index in [1.165, 1.54) is 18.0 Å². The van der Waals surface area contributed by atoms with Crippen LogP contribution in [0.15, 0.2) is 60.7 Å². The van der Waals surface area contributed by atoms with Crippen LogP contribution >= 0.6 is 0 Å². The van der Waals surface area contributed by atoms with E-state index in [0.29, 0.717) is 16.8 Å². The van der Waals surface area contributed by atoms with Crippen molar-refractivity contribution in [1.82, 2.24) is 10.2 Å². The monoisotopic (exact) mass is 477 g/mol. The predicted octanol–water partition coefficient (Wildman–Crippen LogP) is 4.52. The molecule has 0 heterocycles. The summed E-state index contributed by atoms with van der Waals surface area (Å²) in [5.41, 5.74) is 0.970. The summed E-state index contributed by atoms with van der Waals surface area (Å²) in [6.45, 7) is 6.54. The van der Waals surface area contributed by atoms with Crippen LogP contribution in [0.2, 0.25) is 0 Å². The Morgan fingerprint density at radius 2 is 1.69 bits per heavy atom. The lowest BCUT2D eigenvalue weighted by molar-refractivity contribution is -0.136. The van der Waals surface area contributed by atoms with Crippen LogP contribution in [0.25, 0.3) is 10.8 Å². The van der Waals surface area contributed by atoms with Gasteiger partial charge in [-0.25, -0.2) is 4.79 Å². The summed E-state index contributed by atoms with van der Waals surface area (Å²) in [5, 5.41) is 17.3. The second-order valence-corrected chi connectivity index (χ2v) is 9.36. The molecule has 0 saturated heterocycles. The lowest BCUT2D eigenvalue weighted by Gasteiger charge is -2.28. The largest absolute Gasteiger partial charge is 0.508 e. The van der Waals surface area contributed by atoms with Gasteiger partial charge in [0.25, 0.3) is 5.91 Å². The summed E-state index contributed by atoms with van der Waals surface area (Å²) in [7, 11) is 1.49. The van der Waals surface area contributed by atoms with Crippen LogP contribution in [0.4, 0.5) is 10.5 Å². The lowest BCUT2D eigenvalue weighted by Crippen LogP contribution is -2.44. The molecule has 3 aromatic rings. The quantitative estimate of drug-likeness (QED) is 0.484. The zero-order chi connectivity index (χ0) is 25.8. The molecule has 3 aromatic carbocycles. The number of rotatable bonds is 6. The number of ether oxygens (including phenoxy) is 1. The van der Waals surface area contributed by atoms with E-state index in [4.69, 9.17) is 4.74 Å². The van der Waals surface area contributed by atoms with E-state index >= 15 is 0 Å². The average Bonchev–Trinajstić information content (AvgIpc) is 2.78. The van der Waals surface area contributed by atoms with Gasteiger partial charge in [0.05, 0.1) is 0 Å². The number of phenols is 1. The molecule has 0 bridgehead atoms. The molecule has 8 nitrogen and oxygen atoms in total. The molecule has 184 valence electrons. The Labute approximate surface area is 204 Å². The third-order valence-corrected chi connectivity index (χ3v) is 5.37. The number of carbonyl (C=O) groups is 3. The number of phenolic OH excluding ortho intramolecular Hbond substituents is 1. The average molecular weight is 478 g/mol. The van der Waals surface area contributed by atoms with Crippen LogP contribution in [0.5, 0.6) is 5.75 Å². The van der Waals surface area contributed by atoms with Gasteiger partial charge in [0, 0.05) is 12.7 Å². The third kappa shape index (κ3) is 6.72. The van der Waals surface area contributed by atoms with Crippen LogP contribution in [-0.2, 0) is 14.3 Å². The van der Waals surface area contributed by atoms with Gasteiger partial charge in [0.1, 0.15) is 23.9 Å². The maximum Gasteiger partial charge on any atom is 0.408 e. The first-order valence-corrected chi connectivity index (χ1v) is 11.3. The summed E-state index contributed by atoms with van der Waals surface area (Å²) in [5.74, 6) is -0.832. The molecule has 0 saturated carbocycles. The number of nitrogens with zero attached hydrogens (tertiary/aromatic N) is 1. The zero-order valence-corrected chi connectivity index (χ0v) is 20.6. The van der Waals surface area contributed by atoms with E-state index in [0.717, 1.165) is 10.8 Å². The van der Waals surface area contributed by atoms with Crippen LogP contribution in [0.3, 0.4) is 0 Å². The van der Waals surface area contributed by atoms with Crippen molar-refractivity contribution in [1.29, 1.82) is 0 Å². The second-order valence-electron chi connectivity index (χ2n) is 9.36. The predicted molar refractivity (Wildman–Crippen MR) is 135 cm³/mol. The summed E-state index contributed by atoms with van der Waals surface area (Å²) in [6.07, 6.45) is -0.725. The standard InChI is InChI=1S/C27H31N3O5/c1-17-14-20(11-13-22(17)31)24(30(5)23(32)16-28-26(34)35-27(2,3)4)25(33)29-21-12-10-18-8-6-7-9-19(18)15-21/h6-15,24,31H,16H2,1-5H3,(H,28,34)(H,29,33). The minimum Gasteiger partial charge on any atom is -0.508 e. The highest BCUT2D eigenvalue weighted by molar-refractivity contribution is 6.00. The molecule has 8 heteroatoms. The van der Waals surface area contributed by atoms with E-state index < -0.39 is 29.6 Å². The Bertz CT molecular complexity index is 1250. The van der Waals surface area contributed by atoms with Gasteiger partial charge in [-0.2, -0.15) is 0 Å². The van der Waals surface area contributed by atoms with E-state index in [1.54, 1.807) is 45.9 Å². The highest BCUT2D eigenvalue weighted by atomic mass is 16.6. The fraction of sp³-hybridized carbons (Fsp3) is 0.296. The number of amides is 3. The first-order valence-electron chi connectivity index (χ1n) is 11.3. The number of nitrogens with one attached hydrogen (secondary N) is 2. The number of hydrogen-bond donors (Lipinski definition) is 3. The topological polar surface area (TPSA) is 108 Å². The van der Waals surface area contributed by atoms with Gasteiger partial charge < -0.3 is 25.4 Å². The maximum absolute atomic E-state index is 13.4. The molecule has 0 spiro atoms. The Morgan fingerprint density at radius 3 is 2.34 bits per heavy atom. The van der Waals surface area contributed by atoms with Gasteiger partial charge in [-0.05, 0) is 73.9 Å². The van der Waals surface area contributed by atoms with E-state index in [9.17, 15) is 19.5 Å². The maximum atomic E-state index is 13.4. The van der Waals surface area contributed by atoms with Crippen molar-refractivity contribution in [2.75, 3.05) is 18.9 Å². The third-order valence-electron chi connectivity index (χ3n) is 5.37. The van der Waals surface area contributed by atoms with Crippen LogP contribution in [0, 0.1) is 6.92 Å². The number of alkyl carbamates (subject to hydrolysis) is 1. The minimum absolute atomic E-state index is 0.0861. The number of carbonyl (C=O) groups excluding carboxylic acids is 3. The number of fused-ring (bicyclic) bond motifs is 1. The second kappa shape index (κ2) is 10.5. The molecular formula is C27H31N3O5. The number of likely N-dealkylation sites (N-methyl/N-ethyl adjacent to an activating group) is 1.